The summed E-state index contributed by atoms with van der Waals surface area (Å²) in [7, 11) is 0. The Morgan fingerprint density at radius 1 is 1.29 bits per heavy atom. The number of fused-ring (bicyclic) bond motifs is 1. The Morgan fingerprint density at radius 3 is 2.77 bits per heavy atom. The van der Waals surface area contributed by atoms with Crippen LogP contribution < -0.4 is 5.32 Å². The monoisotopic (exact) mass is 477 g/mol. The molecule has 0 spiro atoms. The molecule has 5 nitrogen and oxygen atoms in total. The molecule has 1 amide bonds. The molecule has 31 heavy (non-hydrogen) atoms. The van der Waals surface area contributed by atoms with Crippen molar-refractivity contribution in [1.82, 2.24) is 9.88 Å². The first kappa shape index (κ1) is 21.4. The molecule has 0 aliphatic carbocycles. The minimum absolute atomic E-state index is 0.0413. The van der Waals surface area contributed by atoms with Gasteiger partial charge in [0.25, 0.3) is 5.91 Å². The van der Waals surface area contributed by atoms with Gasteiger partial charge in [-0.3, -0.25) is 4.79 Å². The highest BCUT2D eigenvalue weighted by atomic mass is 79.9. The van der Waals surface area contributed by atoms with Crippen LogP contribution in [0.4, 0.5) is 0 Å². The van der Waals surface area contributed by atoms with E-state index in [-0.39, 0.29) is 17.6 Å². The largest absolute Gasteiger partial charge is 0.376 e. The van der Waals surface area contributed by atoms with Gasteiger partial charge in [0.1, 0.15) is 11.6 Å². The summed E-state index contributed by atoms with van der Waals surface area (Å²) in [6.45, 7) is 5.21. The normalized spacial score (nSPS) is 16.5. The highest BCUT2D eigenvalue weighted by Gasteiger charge is 2.19. The molecule has 1 N–H and O–H groups in total. The zero-order valence-electron chi connectivity index (χ0n) is 17.6. The van der Waals surface area contributed by atoms with Crippen LogP contribution in [0, 0.1) is 25.2 Å². The summed E-state index contributed by atoms with van der Waals surface area (Å²) in [6.07, 6.45) is 3.66. The molecule has 1 aliphatic heterocycles. The smallest absolute Gasteiger partial charge is 0.262 e. The number of hydrogen-bond donors (Lipinski definition) is 1. The third kappa shape index (κ3) is 4.30. The summed E-state index contributed by atoms with van der Waals surface area (Å²) >= 11 is 3.63. The van der Waals surface area contributed by atoms with E-state index in [1.54, 1.807) is 6.08 Å². The number of aryl methyl sites for hydroxylation is 1. The van der Waals surface area contributed by atoms with Crippen LogP contribution in [-0.4, -0.2) is 29.7 Å². The SMILES string of the molecule is Cc1cc(/C=C(\C#N)C(=O)NC[C@H]2CCCO2)c(C)n1-c1ccc(Br)c2ccccc12. The van der Waals surface area contributed by atoms with Crippen molar-refractivity contribution >= 4 is 38.7 Å². The van der Waals surface area contributed by atoms with E-state index in [9.17, 15) is 10.1 Å². The molecular weight excluding hydrogens is 454 g/mol. The van der Waals surface area contributed by atoms with Crippen LogP contribution in [0.25, 0.3) is 22.5 Å². The molecule has 1 aromatic heterocycles. The van der Waals surface area contributed by atoms with Crippen molar-refractivity contribution in [1.29, 1.82) is 5.26 Å². The van der Waals surface area contributed by atoms with E-state index >= 15 is 0 Å². The van der Waals surface area contributed by atoms with Crippen molar-refractivity contribution in [3.8, 4) is 11.8 Å². The Kier molecular flexibility index (Phi) is 6.26. The molecule has 2 heterocycles. The van der Waals surface area contributed by atoms with E-state index in [2.05, 4.69) is 50.1 Å². The van der Waals surface area contributed by atoms with E-state index in [1.165, 1.54) is 0 Å². The first-order valence-corrected chi connectivity index (χ1v) is 11.2. The standard InChI is InChI=1S/C25H24BrN3O2/c1-16-12-18(13-19(14-27)25(30)28-15-20-6-5-11-31-20)17(2)29(16)24-10-9-23(26)21-7-3-4-8-22(21)24/h3-4,7-10,12-13,20H,5-6,11,15H2,1-2H3,(H,28,30)/b19-13+/t20-/m1/s1. The number of aromatic nitrogens is 1. The summed E-state index contributed by atoms with van der Waals surface area (Å²) in [6, 6.07) is 16.4. The Balaban J connectivity index is 1.67. The first-order chi connectivity index (χ1) is 15.0. The zero-order chi connectivity index (χ0) is 22.0. The predicted octanol–water partition coefficient (Wildman–Crippen LogP) is 5.21. The summed E-state index contributed by atoms with van der Waals surface area (Å²) in [5.74, 6) is -0.364. The highest BCUT2D eigenvalue weighted by molar-refractivity contribution is 9.10. The Morgan fingerprint density at radius 2 is 2.06 bits per heavy atom. The number of rotatable bonds is 5. The third-order valence-corrected chi connectivity index (χ3v) is 6.43. The van der Waals surface area contributed by atoms with Crippen LogP contribution in [0.2, 0.25) is 0 Å². The number of nitrogens with zero attached hydrogens (tertiary/aromatic N) is 2. The van der Waals surface area contributed by atoms with Crippen molar-refractivity contribution in [3.05, 3.63) is 69.5 Å². The van der Waals surface area contributed by atoms with Gasteiger partial charge in [0.05, 0.1) is 11.8 Å². The Labute approximate surface area is 190 Å². The van der Waals surface area contributed by atoms with Gasteiger partial charge in [0, 0.05) is 34.4 Å². The zero-order valence-corrected chi connectivity index (χ0v) is 19.2. The lowest BCUT2D eigenvalue weighted by molar-refractivity contribution is -0.117. The average molecular weight is 478 g/mol. The summed E-state index contributed by atoms with van der Waals surface area (Å²) in [5.41, 5.74) is 4.03. The number of nitrogens with one attached hydrogen (secondary N) is 1. The molecule has 158 valence electrons. The molecule has 0 saturated carbocycles. The summed E-state index contributed by atoms with van der Waals surface area (Å²) in [4.78, 5) is 12.6. The van der Waals surface area contributed by atoms with Crippen molar-refractivity contribution in [3.63, 3.8) is 0 Å². The average Bonchev–Trinajstić information content (AvgIpc) is 3.39. The number of halogens is 1. The molecule has 0 bridgehead atoms. The lowest BCUT2D eigenvalue weighted by Crippen LogP contribution is -2.32. The Bertz CT molecular complexity index is 1210. The van der Waals surface area contributed by atoms with Crippen molar-refractivity contribution in [2.45, 2.75) is 32.8 Å². The lowest BCUT2D eigenvalue weighted by Gasteiger charge is -2.14. The van der Waals surface area contributed by atoms with Crippen LogP contribution in [0.5, 0.6) is 0 Å². The van der Waals surface area contributed by atoms with E-state index in [0.717, 1.165) is 57.3 Å². The van der Waals surface area contributed by atoms with Crippen LogP contribution in [0.3, 0.4) is 0 Å². The van der Waals surface area contributed by atoms with Gasteiger partial charge in [-0.05, 0) is 61.9 Å². The Hall–Kier alpha value is -2.88. The van der Waals surface area contributed by atoms with Gasteiger partial charge >= 0.3 is 0 Å². The topological polar surface area (TPSA) is 67.1 Å². The predicted molar refractivity (Wildman–Crippen MR) is 126 cm³/mol. The van der Waals surface area contributed by atoms with Crippen molar-refractivity contribution in [2.75, 3.05) is 13.2 Å². The number of nitriles is 1. The number of amides is 1. The molecule has 1 fully saturated rings. The molecular formula is C25H24BrN3O2. The minimum atomic E-state index is -0.364. The molecule has 1 aliphatic rings. The van der Waals surface area contributed by atoms with Gasteiger partial charge in [-0.15, -0.1) is 0 Å². The number of hydrogen-bond acceptors (Lipinski definition) is 3. The van der Waals surface area contributed by atoms with Crippen LogP contribution in [0.15, 0.2) is 52.5 Å². The second-order valence-corrected chi connectivity index (χ2v) is 8.64. The fraction of sp³-hybridized carbons (Fsp3) is 0.280. The molecule has 1 atom stereocenters. The van der Waals surface area contributed by atoms with E-state index in [1.807, 2.05) is 38.1 Å². The first-order valence-electron chi connectivity index (χ1n) is 10.4. The number of ether oxygens (including phenoxy) is 1. The summed E-state index contributed by atoms with van der Waals surface area (Å²) < 4.78 is 8.75. The quantitative estimate of drug-likeness (QED) is 0.404. The second kappa shape index (κ2) is 9.09. The molecule has 0 unspecified atom stereocenters. The molecule has 4 rings (SSSR count). The second-order valence-electron chi connectivity index (χ2n) is 7.79. The van der Waals surface area contributed by atoms with Crippen LogP contribution in [-0.2, 0) is 9.53 Å². The van der Waals surface area contributed by atoms with Crippen LogP contribution >= 0.6 is 15.9 Å². The van der Waals surface area contributed by atoms with Gasteiger partial charge < -0.3 is 14.6 Å². The maximum Gasteiger partial charge on any atom is 0.262 e. The summed E-state index contributed by atoms with van der Waals surface area (Å²) in [5, 5.41) is 14.7. The van der Waals surface area contributed by atoms with Gasteiger partial charge in [0.2, 0.25) is 0 Å². The van der Waals surface area contributed by atoms with Crippen molar-refractivity contribution < 1.29 is 9.53 Å². The fourth-order valence-electron chi connectivity index (χ4n) is 4.16. The molecule has 3 aromatic rings. The fourth-order valence-corrected chi connectivity index (χ4v) is 4.63. The van der Waals surface area contributed by atoms with Crippen LogP contribution in [0.1, 0.15) is 29.8 Å². The van der Waals surface area contributed by atoms with Gasteiger partial charge in [0.15, 0.2) is 0 Å². The minimum Gasteiger partial charge on any atom is -0.376 e. The van der Waals surface area contributed by atoms with E-state index in [4.69, 9.17) is 4.74 Å². The van der Waals surface area contributed by atoms with Gasteiger partial charge in [-0.25, -0.2) is 0 Å². The molecule has 6 heteroatoms. The van der Waals surface area contributed by atoms with E-state index in [0.29, 0.717) is 6.54 Å². The maximum atomic E-state index is 12.6. The lowest BCUT2D eigenvalue weighted by atomic mass is 10.1. The number of carbonyl (C=O) groups excluding carboxylic acids is 1. The van der Waals surface area contributed by atoms with Gasteiger partial charge in [-0.2, -0.15) is 5.26 Å². The number of carbonyl (C=O) groups is 1. The molecule has 2 aromatic carbocycles. The maximum absolute atomic E-state index is 12.6. The number of benzene rings is 2. The van der Waals surface area contributed by atoms with Gasteiger partial charge in [-0.1, -0.05) is 40.2 Å². The highest BCUT2D eigenvalue weighted by Crippen LogP contribution is 2.32. The van der Waals surface area contributed by atoms with Crippen molar-refractivity contribution in [2.24, 2.45) is 0 Å². The van der Waals surface area contributed by atoms with E-state index < -0.39 is 0 Å². The third-order valence-electron chi connectivity index (χ3n) is 5.74. The molecule has 1 saturated heterocycles. The molecule has 0 radical (unpaired) electrons.